The topological polar surface area (TPSA) is 27.3 Å². The molecule has 0 aromatic carbocycles. The molecular weight excluding hydrogens is 218 g/mol. The van der Waals surface area contributed by atoms with Crippen molar-refractivity contribution in [3.8, 4) is 0 Å². The highest BCUT2D eigenvalue weighted by Crippen LogP contribution is 2.17. The summed E-state index contributed by atoms with van der Waals surface area (Å²) in [6.07, 6.45) is 8.12. The first kappa shape index (κ1) is 12.1. The standard InChI is InChI=1S/C12H23N3S/c16-12(15-9-7-13-8-10-15)14-11-5-3-1-2-4-6-11/h11,13H,1-10H2,(H,14,16). The van der Waals surface area contributed by atoms with E-state index in [2.05, 4.69) is 15.5 Å². The van der Waals surface area contributed by atoms with E-state index in [-0.39, 0.29) is 0 Å². The largest absolute Gasteiger partial charge is 0.360 e. The third-order valence-corrected chi connectivity index (χ3v) is 3.96. The van der Waals surface area contributed by atoms with Gasteiger partial charge in [0.15, 0.2) is 5.11 Å². The Morgan fingerprint density at radius 1 is 1.06 bits per heavy atom. The lowest BCUT2D eigenvalue weighted by molar-refractivity contribution is 0.345. The molecule has 0 amide bonds. The van der Waals surface area contributed by atoms with Gasteiger partial charge in [-0.1, -0.05) is 25.7 Å². The van der Waals surface area contributed by atoms with E-state index in [1.807, 2.05) is 0 Å². The van der Waals surface area contributed by atoms with Crippen molar-refractivity contribution < 1.29 is 0 Å². The molecule has 2 fully saturated rings. The van der Waals surface area contributed by atoms with Crippen molar-refractivity contribution >= 4 is 17.3 Å². The highest BCUT2D eigenvalue weighted by Gasteiger charge is 2.17. The van der Waals surface area contributed by atoms with Crippen LogP contribution in [0, 0.1) is 0 Å². The molecular formula is C12H23N3S. The summed E-state index contributed by atoms with van der Waals surface area (Å²) in [6, 6.07) is 0.630. The fourth-order valence-corrected chi connectivity index (χ4v) is 2.91. The summed E-state index contributed by atoms with van der Waals surface area (Å²) >= 11 is 5.49. The molecule has 0 unspecified atom stereocenters. The van der Waals surface area contributed by atoms with Crippen LogP contribution in [0.25, 0.3) is 0 Å². The molecule has 0 radical (unpaired) electrons. The average molecular weight is 241 g/mol. The van der Waals surface area contributed by atoms with Gasteiger partial charge in [-0.25, -0.2) is 0 Å². The monoisotopic (exact) mass is 241 g/mol. The normalized spacial score (nSPS) is 23.9. The van der Waals surface area contributed by atoms with Crippen LogP contribution in [-0.4, -0.2) is 42.2 Å². The lowest BCUT2D eigenvalue weighted by Crippen LogP contribution is -2.52. The van der Waals surface area contributed by atoms with Gasteiger partial charge in [0.25, 0.3) is 0 Å². The van der Waals surface area contributed by atoms with Crippen LogP contribution in [0.2, 0.25) is 0 Å². The summed E-state index contributed by atoms with van der Waals surface area (Å²) in [5, 5.41) is 7.89. The molecule has 0 aromatic heterocycles. The second-order valence-electron chi connectivity index (χ2n) is 4.88. The highest BCUT2D eigenvalue weighted by atomic mass is 32.1. The van der Waals surface area contributed by atoms with E-state index < -0.39 is 0 Å². The van der Waals surface area contributed by atoms with Crippen LogP contribution in [0.15, 0.2) is 0 Å². The maximum absolute atomic E-state index is 5.49. The summed E-state index contributed by atoms with van der Waals surface area (Å²) in [5.74, 6) is 0. The van der Waals surface area contributed by atoms with Gasteiger partial charge in [0, 0.05) is 32.2 Å². The summed E-state index contributed by atoms with van der Waals surface area (Å²) < 4.78 is 0. The van der Waals surface area contributed by atoms with E-state index in [9.17, 15) is 0 Å². The summed E-state index contributed by atoms with van der Waals surface area (Å²) in [6.45, 7) is 4.23. The number of hydrogen-bond donors (Lipinski definition) is 2. The highest BCUT2D eigenvalue weighted by molar-refractivity contribution is 7.80. The first-order valence-electron chi connectivity index (χ1n) is 6.62. The average Bonchev–Trinajstić information content (AvgIpc) is 2.59. The fraction of sp³-hybridized carbons (Fsp3) is 0.917. The van der Waals surface area contributed by atoms with Gasteiger partial charge in [-0.2, -0.15) is 0 Å². The Hall–Kier alpha value is -0.350. The molecule has 2 aliphatic rings. The first-order chi connectivity index (χ1) is 7.86. The van der Waals surface area contributed by atoms with Gasteiger partial charge < -0.3 is 15.5 Å². The molecule has 1 heterocycles. The third kappa shape index (κ3) is 3.59. The minimum absolute atomic E-state index is 0.630. The number of nitrogens with one attached hydrogen (secondary N) is 2. The molecule has 92 valence electrons. The Morgan fingerprint density at radius 3 is 2.31 bits per heavy atom. The van der Waals surface area contributed by atoms with Crippen LogP contribution in [0.4, 0.5) is 0 Å². The van der Waals surface area contributed by atoms with Gasteiger partial charge in [0.05, 0.1) is 0 Å². The van der Waals surface area contributed by atoms with Crippen molar-refractivity contribution in [2.45, 2.75) is 44.6 Å². The second-order valence-corrected chi connectivity index (χ2v) is 5.26. The van der Waals surface area contributed by atoms with Gasteiger partial charge >= 0.3 is 0 Å². The molecule has 0 aromatic rings. The molecule has 0 spiro atoms. The molecule has 4 heteroatoms. The number of thiocarbonyl (C=S) groups is 1. The van der Waals surface area contributed by atoms with Crippen molar-refractivity contribution in [3.05, 3.63) is 0 Å². The van der Waals surface area contributed by atoms with E-state index in [1.165, 1.54) is 38.5 Å². The van der Waals surface area contributed by atoms with Crippen LogP contribution >= 0.6 is 12.2 Å². The Balaban J connectivity index is 1.76. The summed E-state index contributed by atoms with van der Waals surface area (Å²) in [4.78, 5) is 2.30. The molecule has 2 N–H and O–H groups in total. The fourth-order valence-electron chi connectivity index (χ4n) is 2.56. The Bertz CT molecular complexity index is 218. The van der Waals surface area contributed by atoms with E-state index in [4.69, 9.17) is 12.2 Å². The smallest absolute Gasteiger partial charge is 0.169 e. The van der Waals surface area contributed by atoms with Crippen LogP contribution < -0.4 is 10.6 Å². The SMILES string of the molecule is S=C(NC1CCCCCC1)N1CCNCC1. The maximum atomic E-state index is 5.49. The number of piperazine rings is 1. The number of nitrogens with zero attached hydrogens (tertiary/aromatic N) is 1. The zero-order valence-corrected chi connectivity index (χ0v) is 10.8. The lowest BCUT2D eigenvalue weighted by atomic mass is 10.1. The lowest BCUT2D eigenvalue weighted by Gasteiger charge is -2.32. The number of rotatable bonds is 1. The number of hydrogen-bond acceptors (Lipinski definition) is 2. The zero-order valence-electron chi connectivity index (χ0n) is 10.0. The van der Waals surface area contributed by atoms with Gasteiger partial charge in [-0.05, 0) is 25.1 Å². The summed E-state index contributed by atoms with van der Waals surface area (Å²) in [7, 11) is 0. The van der Waals surface area contributed by atoms with Crippen LogP contribution in [-0.2, 0) is 0 Å². The van der Waals surface area contributed by atoms with E-state index in [0.29, 0.717) is 6.04 Å². The zero-order chi connectivity index (χ0) is 11.2. The minimum atomic E-state index is 0.630. The van der Waals surface area contributed by atoms with Crippen molar-refractivity contribution in [2.24, 2.45) is 0 Å². The van der Waals surface area contributed by atoms with Gasteiger partial charge in [-0.3, -0.25) is 0 Å². The minimum Gasteiger partial charge on any atom is -0.360 e. The van der Waals surface area contributed by atoms with E-state index >= 15 is 0 Å². The van der Waals surface area contributed by atoms with Crippen molar-refractivity contribution in [2.75, 3.05) is 26.2 Å². The predicted octanol–water partition coefficient (Wildman–Crippen LogP) is 1.49. The molecule has 0 bridgehead atoms. The molecule has 16 heavy (non-hydrogen) atoms. The molecule has 1 aliphatic carbocycles. The maximum Gasteiger partial charge on any atom is 0.169 e. The quantitative estimate of drug-likeness (QED) is 0.537. The molecule has 3 nitrogen and oxygen atoms in total. The third-order valence-electron chi connectivity index (χ3n) is 3.59. The Labute approximate surface area is 104 Å². The molecule has 1 saturated carbocycles. The van der Waals surface area contributed by atoms with E-state index in [1.54, 1.807) is 0 Å². The molecule has 1 saturated heterocycles. The Kier molecular flexibility index (Phi) is 4.85. The van der Waals surface area contributed by atoms with Gasteiger partial charge in [0.2, 0.25) is 0 Å². The molecule has 2 rings (SSSR count). The Morgan fingerprint density at radius 2 is 1.69 bits per heavy atom. The van der Waals surface area contributed by atoms with Gasteiger partial charge in [-0.15, -0.1) is 0 Å². The van der Waals surface area contributed by atoms with Crippen molar-refractivity contribution in [1.29, 1.82) is 0 Å². The summed E-state index contributed by atoms with van der Waals surface area (Å²) in [5.41, 5.74) is 0. The second kappa shape index (κ2) is 6.40. The van der Waals surface area contributed by atoms with Crippen LogP contribution in [0.5, 0.6) is 0 Å². The van der Waals surface area contributed by atoms with Crippen molar-refractivity contribution in [3.63, 3.8) is 0 Å². The first-order valence-corrected chi connectivity index (χ1v) is 7.03. The van der Waals surface area contributed by atoms with Crippen LogP contribution in [0.3, 0.4) is 0 Å². The van der Waals surface area contributed by atoms with E-state index in [0.717, 1.165) is 31.3 Å². The van der Waals surface area contributed by atoms with Crippen molar-refractivity contribution in [1.82, 2.24) is 15.5 Å². The molecule has 0 atom stereocenters. The molecule has 1 aliphatic heterocycles. The predicted molar refractivity (Wildman–Crippen MR) is 71.7 cm³/mol. The van der Waals surface area contributed by atoms with Crippen LogP contribution in [0.1, 0.15) is 38.5 Å². The van der Waals surface area contributed by atoms with Gasteiger partial charge in [0.1, 0.15) is 0 Å².